The summed E-state index contributed by atoms with van der Waals surface area (Å²) in [6, 6.07) is 0. The fourth-order valence-corrected chi connectivity index (χ4v) is 1.30. The normalized spacial score (nSPS) is 15.4. The minimum absolute atomic E-state index is 0.191. The maximum Gasteiger partial charge on any atom is 0.392 e. The smallest absolute Gasteiger partial charge is 0.171 e. The lowest BCUT2D eigenvalue weighted by Crippen LogP contribution is -2.28. The van der Waals surface area contributed by atoms with Crippen LogP contribution in [0, 0.1) is 5.92 Å². The van der Waals surface area contributed by atoms with E-state index in [0.29, 0.717) is 12.8 Å². The van der Waals surface area contributed by atoms with E-state index >= 15 is 0 Å². The molecule has 0 fully saturated rings. The molecule has 0 amide bonds. The third kappa shape index (κ3) is 7.50. The highest BCUT2D eigenvalue weighted by Crippen LogP contribution is 2.38. The first kappa shape index (κ1) is 14.6. The van der Waals surface area contributed by atoms with Crippen molar-refractivity contribution in [2.45, 2.75) is 51.4 Å². The van der Waals surface area contributed by atoms with Crippen LogP contribution >= 0.6 is 0 Å². The Hall–Kier alpha value is -0.420. The first-order valence-electron chi connectivity index (χ1n) is 4.80. The topological polar surface area (TPSA) is 0 Å². The Morgan fingerprint density at radius 1 is 0.933 bits per heavy atom. The summed E-state index contributed by atoms with van der Waals surface area (Å²) in [5, 5.41) is 0. The van der Waals surface area contributed by atoms with Gasteiger partial charge < -0.3 is 0 Å². The highest BCUT2D eigenvalue weighted by molar-refractivity contribution is 4.71. The van der Waals surface area contributed by atoms with Crippen molar-refractivity contribution in [2.24, 2.45) is 5.92 Å². The molecule has 0 aromatic rings. The molecular formula is C9H14F6. The predicted octanol–water partition coefficient (Wildman–Crippen LogP) is 4.70. The second-order valence-corrected chi connectivity index (χ2v) is 3.55. The van der Waals surface area contributed by atoms with Gasteiger partial charge in [0, 0.05) is 0 Å². The first-order valence-corrected chi connectivity index (χ1v) is 4.80. The van der Waals surface area contributed by atoms with Crippen molar-refractivity contribution in [1.29, 1.82) is 0 Å². The summed E-state index contributed by atoms with van der Waals surface area (Å²) in [5.74, 6) is -2.25. The van der Waals surface area contributed by atoms with Crippen LogP contribution in [-0.2, 0) is 0 Å². The average molecular weight is 236 g/mol. The van der Waals surface area contributed by atoms with Gasteiger partial charge >= 0.3 is 12.4 Å². The van der Waals surface area contributed by atoms with Crippen molar-refractivity contribution in [3.63, 3.8) is 0 Å². The van der Waals surface area contributed by atoms with Crippen molar-refractivity contribution in [3.05, 3.63) is 0 Å². The van der Waals surface area contributed by atoms with Gasteiger partial charge in [-0.2, -0.15) is 26.3 Å². The predicted molar refractivity (Wildman–Crippen MR) is 44.4 cm³/mol. The average Bonchev–Trinajstić information content (AvgIpc) is 1.99. The summed E-state index contributed by atoms with van der Waals surface area (Å²) in [7, 11) is 0. The maximum atomic E-state index is 12.2. The van der Waals surface area contributed by atoms with Gasteiger partial charge in [0.1, 0.15) is 0 Å². The largest absolute Gasteiger partial charge is 0.392 e. The van der Waals surface area contributed by atoms with Gasteiger partial charge in [-0.15, -0.1) is 0 Å². The molecule has 0 saturated carbocycles. The third-order valence-corrected chi connectivity index (χ3v) is 2.10. The van der Waals surface area contributed by atoms with E-state index in [1.807, 2.05) is 0 Å². The van der Waals surface area contributed by atoms with Gasteiger partial charge in [-0.1, -0.05) is 26.2 Å². The lowest BCUT2D eigenvalue weighted by atomic mass is 9.97. The van der Waals surface area contributed by atoms with E-state index < -0.39 is 31.1 Å². The van der Waals surface area contributed by atoms with Crippen molar-refractivity contribution in [2.75, 3.05) is 0 Å². The van der Waals surface area contributed by atoms with Crippen LogP contribution < -0.4 is 0 Å². The molecule has 6 heteroatoms. The second kappa shape index (κ2) is 5.61. The molecule has 0 aliphatic heterocycles. The summed E-state index contributed by atoms with van der Waals surface area (Å²) in [6.45, 7) is 1.78. The maximum absolute atomic E-state index is 12.2. The van der Waals surface area contributed by atoms with E-state index in [2.05, 4.69) is 0 Å². The van der Waals surface area contributed by atoms with Gasteiger partial charge in [-0.3, -0.25) is 0 Å². The first-order chi connectivity index (χ1) is 6.67. The number of alkyl halides is 6. The molecule has 0 aromatic carbocycles. The van der Waals surface area contributed by atoms with E-state index in [-0.39, 0.29) is 6.42 Å². The second-order valence-electron chi connectivity index (χ2n) is 3.55. The van der Waals surface area contributed by atoms with Crippen LogP contribution in [0.5, 0.6) is 0 Å². The number of halogens is 6. The number of hydrogen-bond donors (Lipinski definition) is 0. The van der Waals surface area contributed by atoms with E-state index in [4.69, 9.17) is 0 Å². The molecule has 0 aliphatic carbocycles. The van der Waals surface area contributed by atoms with Crippen molar-refractivity contribution < 1.29 is 26.3 Å². The van der Waals surface area contributed by atoms with Crippen LogP contribution in [0.4, 0.5) is 26.3 Å². The monoisotopic (exact) mass is 236 g/mol. The van der Waals surface area contributed by atoms with Gasteiger partial charge in [0.05, 0.1) is 12.3 Å². The van der Waals surface area contributed by atoms with Gasteiger partial charge in [0.2, 0.25) is 0 Å². The van der Waals surface area contributed by atoms with E-state index in [1.165, 1.54) is 0 Å². The van der Waals surface area contributed by atoms with E-state index in [9.17, 15) is 26.3 Å². The molecule has 0 N–H and O–H groups in total. The molecule has 0 aliphatic rings. The highest BCUT2D eigenvalue weighted by Gasteiger charge is 2.45. The number of rotatable bonds is 5. The third-order valence-electron chi connectivity index (χ3n) is 2.10. The minimum Gasteiger partial charge on any atom is -0.171 e. The molecule has 0 saturated heterocycles. The molecule has 0 heterocycles. The Balaban J connectivity index is 4.21. The molecule has 0 spiro atoms. The van der Waals surface area contributed by atoms with Gasteiger partial charge in [0.15, 0.2) is 0 Å². The lowest BCUT2D eigenvalue weighted by Gasteiger charge is -2.21. The van der Waals surface area contributed by atoms with E-state index in [0.717, 1.165) is 0 Å². The summed E-state index contributed by atoms with van der Waals surface area (Å²) in [4.78, 5) is 0. The lowest BCUT2D eigenvalue weighted by molar-refractivity contribution is -0.220. The van der Waals surface area contributed by atoms with Crippen LogP contribution in [0.2, 0.25) is 0 Å². The molecule has 15 heavy (non-hydrogen) atoms. The quantitative estimate of drug-likeness (QED) is 0.479. The molecule has 0 nitrogen and oxygen atoms in total. The molecular weight excluding hydrogens is 222 g/mol. The molecule has 0 bridgehead atoms. The van der Waals surface area contributed by atoms with Crippen LogP contribution in [0.1, 0.15) is 39.0 Å². The van der Waals surface area contributed by atoms with Crippen molar-refractivity contribution in [1.82, 2.24) is 0 Å². The fourth-order valence-electron chi connectivity index (χ4n) is 1.30. The zero-order chi connectivity index (χ0) is 12.1. The molecule has 0 radical (unpaired) electrons. The van der Waals surface area contributed by atoms with Crippen molar-refractivity contribution in [3.8, 4) is 0 Å². The summed E-state index contributed by atoms with van der Waals surface area (Å²) in [5.41, 5.74) is 0. The minimum atomic E-state index is -4.75. The van der Waals surface area contributed by atoms with Crippen LogP contribution in [0.3, 0.4) is 0 Å². The van der Waals surface area contributed by atoms with Crippen LogP contribution in [0.15, 0.2) is 0 Å². The number of hydrogen-bond acceptors (Lipinski definition) is 0. The zero-order valence-electron chi connectivity index (χ0n) is 8.38. The van der Waals surface area contributed by atoms with E-state index in [1.54, 1.807) is 6.92 Å². The van der Waals surface area contributed by atoms with Crippen molar-refractivity contribution >= 4 is 0 Å². The van der Waals surface area contributed by atoms with Crippen LogP contribution in [-0.4, -0.2) is 12.4 Å². The molecule has 1 atom stereocenters. The standard InChI is InChI=1S/C9H14F6/c1-2-3-4-5-7(9(13,14)15)6-8(10,11)12/h7H,2-6H2,1H3. The van der Waals surface area contributed by atoms with Gasteiger partial charge in [-0.25, -0.2) is 0 Å². The molecule has 92 valence electrons. The Morgan fingerprint density at radius 3 is 1.80 bits per heavy atom. The summed E-state index contributed by atoms with van der Waals surface area (Å²) in [6.07, 6.45) is -10.3. The Morgan fingerprint density at radius 2 is 1.47 bits per heavy atom. The molecule has 0 rings (SSSR count). The number of unbranched alkanes of at least 4 members (excludes halogenated alkanes) is 2. The fraction of sp³-hybridized carbons (Fsp3) is 1.00. The summed E-state index contributed by atoms with van der Waals surface area (Å²) >= 11 is 0. The highest BCUT2D eigenvalue weighted by atomic mass is 19.4. The van der Waals surface area contributed by atoms with Crippen LogP contribution in [0.25, 0.3) is 0 Å². The Bertz CT molecular complexity index is 168. The Kier molecular flexibility index (Phi) is 5.45. The zero-order valence-corrected chi connectivity index (χ0v) is 8.38. The molecule has 1 unspecified atom stereocenters. The molecule has 0 aromatic heterocycles. The summed E-state index contributed by atoms with van der Waals surface area (Å²) < 4.78 is 72.1. The van der Waals surface area contributed by atoms with Gasteiger partial charge in [0.25, 0.3) is 0 Å². The van der Waals surface area contributed by atoms with Gasteiger partial charge in [-0.05, 0) is 6.42 Å². The Labute approximate surface area is 84.7 Å². The SMILES string of the molecule is CCCCCC(CC(F)(F)F)C(F)(F)F.